The Morgan fingerprint density at radius 1 is 1.25 bits per heavy atom. The van der Waals surface area contributed by atoms with E-state index in [1.807, 2.05) is 6.08 Å². The second-order valence-corrected chi connectivity index (χ2v) is 3.20. The molecule has 0 saturated carbocycles. The van der Waals surface area contributed by atoms with Crippen LogP contribution in [0.4, 0.5) is 0 Å². The molecule has 64 valence electrons. The third kappa shape index (κ3) is 1.97. The summed E-state index contributed by atoms with van der Waals surface area (Å²) in [6.45, 7) is 8.08. The molecule has 0 amide bonds. The van der Waals surface area contributed by atoms with Crippen LogP contribution in [0.5, 0.6) is 0 Å². The van der Waals surface area contributed by atoms with E-state index in [0.717, 1.165) is 12.8 Å². The van der Waals surface area contributed by atoms with Crippen molar-refractivity contribution in [3.63, 3.8) is 0 Å². The van der Waals surface area contributed by atoms with Gasteiger partial charge in [0, 0.05) is 0 Å². The first-order chi connectivity index (χ1) is 5.75. The van der Waals surface area contributed by atoms with Crippen molar-refractivity contribution in [1.82, 2.24) is 0 Å². The summed E-state index contributed by atoms with van der Waals surface area (Å²) in [5.74, 6) is 0. The standard InChI is InChI=1S/C12H16/c1-4-5-9-12-10(2)7-6-8-11(12)3/h4,6-8H,1,5,9H2,2-3H3. The van der Waals surface area contributed by atoms with Crippen molar-refractivity contribution in [2.75, 3.05) is 0 Å². The van der Waals surface area contributed by atoms with E-state index in [1.165, 1.54) is 16.7 Å². The van der Waals surface area contributed by atoms with Gasteiger partial charge in [-0.15, -0.1) is 6.58 Å². The third-order valence-corrected chi connectivity index (χ3v) is 2.24. The van der Waals surface area contributed by atoms with E-state index in [-0.39, 0.29) is 0 Å². The molecule has 0 N–H and O–H groups in total. The summed E-state index contributed by atoms with van der Waals surface area (Å²) in [4.78, 5) is 0. The molecule has 1 aromatic carbocycles. The van der Waals surface area contributed by atoms with E-state index in [2.05, 4.69) is 38.6 Å². The van der Waals surface area contributed by atoms with Crippen LogP contribution < -0.4 is 0 Å². The van der Waals surface area contributed by atoms with Gasteiger partial charge in [-0.25, -0.2) is 0 Å². The monoisotopic (exact) mass is 160 g/mol. The molecule has 0 aliphatic rings. The van der Waals surface area contributed by atoms with Crippen LogP contribution in [-0.2, 0) is 6.42 Å². The van der Waals surface area contributed by atoms with Crippen molar-refractivity contribution in [2.45, 2.75) is 26.7 Å². The molecule has 12 heavy (non-hydrogen) atoms. The highest BCUT2D eigenvalue weighted by Crippen LogP contribution is 2.14. The molecule has 1 aromatic rings. The van der Waals surface area contributed by atoms with Crippen molar-refractivity contribution in [1.29, 1.82) is 0 Å². The van der Waals surface area contributed by atoms with Crippen LogP contribution in [0.2, 0.25) is 0 Å². The molecule has 1 rings (SSSR count). The molecule has 0 saturated heterocycles. The maximum absolute atomic E-state index is 3.74. The highest BCUT2D eigenvalue weighted by molar-refractivity contribution is 5.33. The highest BCUT2D eigenvalue weighted by atomic mass is 14.0. The number of rotatable bonds is 3. The summed E-state index contributed by atoms with van der Waals surface area (Å²) in [6.07, 6.45) is 4.18. The van der Waals surface area contributed by atoms with Crippen LogP contribution in [0, 0.1) is 13.8 Å². The van der Waals surface area contributed by atoms with Gasteiger partial charge in [0.05, 0.1) is 0 Å². The smallest absolute Gasteiger partial charge is 0.0239 e. The molecule has 0 aliphatic carbocycles. The Balaban J connectivity index is 2.88. The Bertz CT molecular complexity index is 251. The zero-order valence-corrected chi connectivity index (χ0v) is 7.93. The van der Waals surface area contributed by atoms with Gasteiger partial charge >= 0.3 is 0 Å². The van der Waals surface area contributed by atoms with E-state index in [9.17, 15) is 0 Å². The zero-order valence-electron chi connectivity index (χ0n) is 7.93. The quantitative estimate of drug-likeness (QED) is 0.594. The Morgan fingerprint density at radius 2 is 1.83 bits per heavy atom. The average molecular weight is 160 g/mol. The van der Waals surface area contributed by atoms with Gasteiger partial charge < -0.3 is 0 Å². The second-order valence-electron chi connectivity index (χ2n) is 3.20. The van der Waals surface area contributed by atoms with Crippen molar-refractivity contribution in [3.05, 3.63) is 47.5 Å². The lowest BCUT2D eigenvalue weighted by Crippen LogP contribution is -1.92. The zero-order chi connectivity index (χ0) is 8.97. The minimum absolute atomic E-state index is 1.08. The van der Waals surface area contributed by atoms with Crippen molar-refractivity contribution >= 4 is 0 Å². The molecular weight excluding hydrogens is 144 g/mol. The Labute approximate surface area is 74.9 Å². The topological polar surface area (TPSA) is 0 Å². The molecular formula is C12H16. The summed E-state index contributed by atoms with van der Waals surface area (Å²) >= 11 is 0. The molecule has 0 fully saturated rings. The van der Waals surface area contributed by atoms with Crippen molar-refractivity contribution < 1.29 is 0 Å². The summed E-state index contributed by atoms with van der Waals surface area (Å²) in [5, 5.41) is 0. The number of benzene rings is 1. The van der Waals surface area contributed by atoms with Crippen LogP contribution in [0.15, 0.2) is 30.9 Å². The summed E-state index contributed by atoms with van der Waals surface area (Å²) in [6, 6.07) is 6.46. The number of hydrogen-bond donors (Lipinski definition) is 0. The first-order valence-corrected chi connectivity index (χ1v) is 4.41. The fraction of sp³-hybridized carbons (Fsp3) is 0.333. The van der Waals surface area contributed by atoms with Gasteiger partial charge in [0.1, 0.15) is 0 Å². The Morgan fingerprint density at radius 3 is 2.33 bits per heavy atom. The lowest BCUT2D eigenvalue weighted by molar-refractivity contribution is 0.974. The van der Waals surface area contributed by atoms with E-state index in [4.69, 9.17) is 0 Å². The summed E-state index contributed by atoms with van der Waals surface area (Å²) in [5.41, 5.74) is 4.28. The van der Waals surface area contributed by atoms with E-state index in [1.54, 1.807) is 0 Å². The fourth-order valence-electron chi connectivity index (χ4n) is 1.49. The molecule has 0 radical (unpaired) electrons. The fourth-order valence-corrected chi connectivity index (χ4v) is 1.49. The molecule has 0 heterocycles. The maximum atomic E-state index is 3.74. The predicted molar refractivity (Wildman–Crippen MR) is 54.4 cm³/mol. The minimum Gasteiger partial charge on any atom is -0.103 e. The molecule has 0 unspecified atom stereocenters. The Kier molecular flexibility index (Phi) is 3.09. The number of aryl methyl sites for hydroxylation is 2. The molecule has 0 bridgehead atoms. The van der Waals surface area contributed by atoms with Crippen LogP contribution in [0.25, 0.3) is 0 Å². The average Bonchev–Trinajstić information content (AvgIpc) is 2.04. The largest absolute Gasteiger partial charge is 0.103 e. The first-order valence-electron chi connectivity index (χ1n) is 4.41. The maximum Gasteiger partial charge on any atom is -0.0239 e. The van der Waals surface area contributed by atoms with Crippen LogP contribution in [0.1, 0.15) is 23.1 Å². The van der Waals surface area contributed by atoms with Gasteiger partial charge in [0.25, 0.3) is 0 Å². The molecule has 0 heteroatoms. The van der Waals surface area contributed by atoms with E-state index >= 15 is 0 Å². The van der Waals surface area contributed by atoms with Gasteiger partial charge in [-0.05, 0) is 43.4 Å². The number of allylic oxidation sites excluding steroid dienone is 1. The Hall–Kier alpha value is -1.04. The molecule has 0 aromatic heterocycles. The molecule has 0 aliphatic heterocycles. The molecule has 0 atom stereocenters. The van der Waals surface area contributed by atoms with Crippen LogP contribution in [-0.4, -0.2) is 0 Å². The van der Waals surface area contributed by atoms with E-state index in [0.29, 0.717) is 0 Å². The highest BCUT2D eigenvalue weighted by Gasteiger charge is 1.99. The van der Waals surface area contributed by atoms with Gasteiger partial charge in [0.15, 0.2) is 0 Å². The normalized spacial score (nSPS) is 9.83. The van der Waals surface area contributed by atoms with Crippen LogP contribution in [0.3, 0.4) is 0 Å². The van der Waals surface area contributed by atoms with Crippen LogP contribution >= 0.6 is 0 Å². The SMILES string of the molecule is C=CCCc1c(C)cccc1C. The van der Waals surface area contributed by atoms with Gasteiger partial charge in [-0.1, -0.05) is 24.3 Å². The molecule has 0 spiro atoms. The summed E-state index contributed by atoms with van der Waals surface area (Å²) < 4.78 is 0. The van der Waals surface area contributed by atoms with Gasteiger partial charge in [0.2, 0.25) is 0 Å². The van der Waals surface area contributed by atoms with Gasteiger partial charge in [-0.3, -0.25) is 0 Å². The first kappa shape index (κ1) is 9.05. The van der Waals surface area contributed by atoms with E-state index < -0.39 is 0 Å². The van der Waals surface area contributed by atoms with Crippen molar-refractivity contribution in [2.24, 2.45) is 0 Å². The molecule has 0 nitrogen and oxygen atoms in total. The predicted octanol–water partition coefficient (Wildman–Crippen LogP) is 3.42. The minimum atomic E-state index is 1.08. The lowest BCUT2D eigenvalue weighted by Gasteiger charge is -2.07. The summed E-state index contributed by atoms with van der Waals surface area (Å²) in [7, 11) is 0. The number of hydrogen-bond acceptors (Lipinski definition) is 0. The lowest BCUT2D eigenvalue weighted by atomic mass is 9.99. The third-order valence-electron chi connectivity index (χ3n) is 2.24. The van der Waals surface area contributed by atoms with Gasteiger partial charge in [-0.2, -0.15) is 0 Å². The second kappa shape index (κ2) is 4.10. The van der Waals surface area contributed by atoms with Crippen molar-refractivity contribution in [3.8, 4) is 0 Å².